The summed E-state index contributed by atoms with van der Waals surface area (Å²) in [4.78, 5) is 57.5. The molecule has 0 aliphatic heterocycles. The fourth-order valence-corrected chi connectivity index (χ4v) is 7.18. The van der Waals surface area contributed by atoms with Gasteiger partial charge in [0.15, 0.2) is 5.95 Å². The zero-order chi connectivity index (χ0) is 37.8. The van der Waals surface area contributed by atoms with Crippen LogP contribution >= 0.6 is 0 Å². The van der Waals surface area contributed by atoms with Crippen LogP contribution in [-0.2, 0) is 37.9 Å². The Balaban J connectivity index is 1.36. The maximum atomic E-state index is 13.4. The first-order valence-electron chi connectivity index (χ1n) is 16.8. The van der Waals surface area contributed by atoms with Crippen molar-refractivity contribution in [1.29, 1.82) is 0 Å². The summed E-state index contributed by atoms with van der Waals surface area (Å²) in [5.41, 5.74) is 1.26. The minimum Gasteiger partial charge on any atom is -0.494 e. The van der Waals surface area contributed by atoms with Gasteiger partial charge in [-0.2, -0.15) is 4.72 Å². The molecular formula is C35H45N7O9S. The number of H-pyrrole nitrogens is 1. The third-order valence-corrected chi connectivity index (χ3v) is 9.81. The number of amides is 2. The van der Waals surface area contributed by atoms with E-state index >= 15 is 0 Å². The molecule has 2 aromatic heterocycles. The number of sulfonamides is 1. The topological polar surface area (TPSA) is 223 Å². The van der Waals surface area contributed by atoms with E-state index in [1.165, 1.54) is 18.3 Å². The molecule has 0 radical (unpaired) electrons. The molecule has 0 aliphatic carbocycles. The minimum absolute atomic E-state index is 0.103. The van der Waals surface area contributed by atoms with Crippen molar-refractivity contribution in [1.82, 2.24) is 29.9 Å². The molecule has 6 N–H and O–H groups in total. The summed E-state index contributed by atoms with van der Waals surface area (Å²) in [6.07, 6.45) is 6.08. The number of carboxylic acids is 1. The van der Waals surface area contributed by atoms with Crippen molar-refractivity contribution in [3.8, 4) is 5.75 Å². The van der Waals surface area contributed by atoms with Crippen LogP contribution in [0.2, 0.25) is 0 Å². The Bertz CT molecular complexity index is 2020. The summed E-state index contributed by atoms with van der Waals surface area (Å²) in [6.45, 7) is 6.76. The highest BCUT2D eigenvalue weighted by atomic mass is 32.2. The molecule has 0 unspecified atom stereocenters. The largest absolute Gasteiger partial charge is 0.494 e. The third kappa shape index (κ3) is 10.6. The quantitative estimate of drug-likeness (QED) is 0.0722. The van der Waals surface area contributed by atoms with Crippen LogP contribution in [0, 0.1) is 13.8 Å². The van der Waals surface area contributed by atoms with E-state index in [1.54, 1.807) is 56.1 Å². The summed E-state index contributed by atoms with van der Waals surface area (Å²) in [6, 6.07) is 6.44. The average molecular weight is 740 g/mol. The Labute approximate surface area is 301 Å². The van der Waals surface area contributed by atoms with Gasteiger partial charge in [-0.25, -0.2) is 13.4 Å². The number of carbonyl (C=O) groups is 3. The molecule has 2 heterocycles. The molecule has 4 aromatic rings. The Kier molecular flexibility index (Phi) is 13.9. The number of aromatic amines is 1. The van der Waals surface area contributed by atoms with Gasteiger partial charge in [-0.1, -0.05) is 6.07 Å². The normalized spacial score (nSPS) is 12.0. The van der Waals surface area contributed by atoms with Crippen LogP contribution < -0.4 is 30.8 Å². The molecule has 0 saturated carbocycles. The van der Waals surface area contributed by atoms with Crippen molar-refractivity contribution < 1.29 is 37.4 Å². The van der Waals surface area contributed by atoms with Crippen LogP contribution in [0.5, 0.6) is 5.75 Å². The first kappa shape index (κ1) is 39.5. The second-order valence-electron chi connectivity index (χ2n) is 12.1. The number of carboxylic acid groups (broad SMARTS) is 1. The number of pyridine rings is 1. The number of benzene rings is 2. The zero-order valence-electron chi connectivity index (χ0n) is 29.6. The predicted octanol–water partition coefficient (Wildman–Crippen LogP) is 2.35. The molecule has 0 saturated heterocycles. The van der Waals surface area contributed by atoms with Crippen molar-refractivity contribution in [2.75, 3.05) is 38.2 Å². The first-order valence-corrected chi connectivity index (χ1v) is 18.3. The number of aryl methyl sites for hydroxylation is 3. The van der Waals surface area contributed by atoms with Gasteiger partial charge in [0.2, 0.25) is 21.4 Å². The Morgan fingerprint density at radius 1 is 1.06 bits per heavy atom. The van der Waals surface area contributed by atoms with E-state index < -0.39 is 39.9 Å². The van der Waals surface area contributed by atoms with E-state index in [2.05, 4.69) is 30.6 Å². The summed E-state index contributed by atoms with van der Waals surface area (Å²) in [5.74, 6) is -1.50. The zero-order valence-corrected chi connectivity index (χ0v) is 30.4. The van der Waals surface area contributed by atoms with E-state index in [0.717, 1.165) is 12.0 Å². The predicted molar refractivity (Wildman–Crippen MR) is 194 cm³/mol. The van der Waals surface area contributed by atoms with Crippen LogP contribution in [0.25, 0.3) is 10.9 Å². The Hall–Kier alpha value is -5.26. The molecule has 0 fully saturated rings. The number of rotatable bonds is 20. The van der Waals surface area contributed by atoms with Crippen molar-refractivity contribution >= 4 is 44.7 Å². The van der Waals surface area contributed by atoms with E-state index in [-0.39, 0.29) is 34.8 Å². The Morgan fingerprint density at radius 3 is 2.48 bits per heavy atom. The number of nitrogens with one attached hydrogen (secondary N) is 5. The molecular weight excluding hydrogens is 694 g/mol. The Morgan fingerprint density at radius 2 is 1.81 bits per heavy atom. The van der Waals surface area contributed by atoms with Crippen LogP contribution in [0.15, 0.2) is 58.6 Å². The molecule has 2 aromatic carbocycles. The van der Waals surface area contributed by atoms with Crippen LogP contribution in [0.1, 0.15) is 53.2 Å². The van der Waals surface area contributed by atoms with Gasteiger partial charge in [-0.15, -0.1) is 0 Å². The van der Waals surface area contributed by atoms with Gasteiger partial charge in [0.05, 0.1) is 17.0 Å². The fourth-order valence-electron chi connectivity index (χ4n) is 5.54. The SMILES string of the molecule is CCOCCCNC(=O)CCCOc1cc(C)c(S(=O)(=O)N[C@@H](CNC(=O)c2cn(C)c3cc(CNc4ncc[nH]4)ccc3c2=O)C(=O)O)c(C)c1. The summed E-state index contributed by atoms with van der Waals surface area (Å²) < 4.78 is 41.6. The highest BCUT2D eigenvalue weighted by molar-refractivity contribution is 7.89. The molecule has 280 valence electrons. The van der Waals surface area contributed by atoms with Crippen LogP contribution in [0.3, 0.4) is 0 Å². The first-order chi connectivity index (χ1) is 24.8. The van der Waals surface area contributed by atoms with Crippen molar-refractivity contribution in [3.63, 3.8) is 0 Å². The summed E-state index contributed by atoms with van der Waals surface area (Å²) in [7, 11) is -2.72. The van der Waals surface area contributed by atoms with Crippen LogP contribution in [0.4, 0.5) is 5.95 Å². The lowest BCUT2D eigenvalue weighted by Gasteiger charge is -2.19. The van der Waals surface area contributed by atoms with E-state index in [4.69, 9.17) is 9.47 Å². The average Bonchev–Trinajstić information content (AvgIpc) is 3.62. The number of anilines is 1. The van der Waals surface area contributed by atoms with Crippen molar-refractivity contribution in [3.05, 3.63) is 81.4 Å². The molecule has 16 nitrogen and oxygen atoms in total. The number of carbonyl (C=O) groups excluding carboxylic acids is 2. The van der Waals surface area contributed by atoms with Crippen molar-refractivity contribution in [2.45, 2.75) is 57.5 Å². The molecule has 17 heteroatoms. The molecule has 0 bridgehead atoms. The number of aromatic nitrogens is 3. The molecule has 4 rings (SSSR count). The van der Waals surface area contributed by atoms with Gasteiger partial charge in [-0.3, -0.25) is 19.2 Å². The maximum Gasteiger partial charge on any atom is 0.323 e. The van der Waals surface area contributed by atoms with Gasteiger partial charge in [0.1, 0.15) is 17.4 Å². The standard InChI is InChI=1S/C35H45N7O9S/c1-5-50-14-7-11-36-30(43)8-6-15-51-25-16-22(2)32(23(3)17-25)52(48,49)41-28(34(46)47)20-39-33(45)27-21-42(4)29-18-24(9-10-26(29)31(27)44)19-40-35-37-12-13-38-35/h9-10,12-13,16-18,21,28,41H,5-8,11,14-15,19-20H2,1-4H3,(H,36,43)(H,39,45)(H,46,47)(H2,37,38,40)/t28-/m0/s1. The van der Waals surface area contributed by atoms with Gasteiger partial charge >= 0.3 is 5.97 Å². The molecule has 0 spiro atoms. The number of nitrogens with zero attached hydrogens (tertiary/aromatic N) is 2. The van der Waals surface area contributed by atoms with Gasteiger partial charge < -0.3 is 40.1 Å². The second-order valence-corrected chi connectivity index (χ2v) is 13.7. The van der Waals surface area contributed by atoms with Gasteiger partial charge in [0.25, 0.3) is 5.91 Å². The van der Waals surface area contributed by atoms with E-state index in [9.17, 15) is 32.7 Å². The molecule has 52 heavy (non-hydrogen) atoms. The number of imidazole rings is 1. The lowest BCUT2D eigenvalue weighted by atomic mass is 10.1. The smallest absolute Gasteiger partial charge is 0.323 e. The van der Waals surface area contributed by atoms with Crippen molar-refractivity contribution in [2.24, 2.45) is 7.05 Å². The second kappa shape index (κ2) is 18.3. The number of fused-ring (bicyclic) bond motifs is 1. The van der Waals surface area contributed by atoms with Crippen LogP contribution in [-0.4, -0.2) is 84.8 Å². The van der Waals surface area contributed by atoms with Gasteiger partial charge in [0, 0.05) is 70.3 Å². The summed E-state index contributed by atoms with van der Waals surface area (Å²) in [5, 5.41) is 18.5. The molecule has 2 amide bonds. The number of aliphatic carboxylic acids is 1. The fraction of sp³-hybridized carbons (Fsp3) is 0.400. The van der Waals surface area contributed by atoms with Gasteiger partial charge in [-0.05, 0) is 74.6 Å². The number of hydrogen-bond acceptors (Lipinski definition) is 10. The number of ether oxygens (including phenoxy) is 2. The highest BCUT2D eigenvalue weighted by Gasteiger charge is 2.29. The number of hydrogen-bond donors (Lipinski definition) is 6. The lowest BCUT2D eigenvalue weighted by Crippen LogP contribution is -2.49. The maximum absolute atomic E-state index is 13.4. The monoisotopic (exact) mass is 739 g/mol. The molecule has 0 aliphatic rings. The highest BCUT2D eigenvalue weighted by Crippen LogP contribution is 2.26. The minimum atomic E-state index is -4.39. The third-order valence-electron chi connectivity index (χ3n) is 8.03. The lowest BCUT2D eigenvalue weighted by molar-refractivity contribution is -0.138. The van der Waals surface area contributed by atoms with E-state index in [0.29, 0.717) is 61.1 Å². The van der Waals surface area contributed by atoms with E-state index in [1.807, 2.05) is 6.92 Å². The molecule has 1 atom stereocenters. The summed E-state index contributed by atoms with van der Waals surface area (Å²) >= 11 is 0.